The number of nitrogens with zero attached hydrogens (tertiary/aromatic N) is 1. The Morgan fingerprint density at radius 3 is 2.76 bits per heavy atom. The van der Waals surface area contributed by atoms with Gasteiger partial charge in [0.25, 0.3) is 0 Å². The second-order valence-corrected chi connectivity index (χ2v) is 5.41. The van der Waals surface area contributed by atoms with E-state index in [2.05, 4.69) is 10.5 Å². The van der Waals surface area contributed by atoms with Crippen LogP contribution in [0.5, 0.6) is 11.5 Å². The third kappa shape index (κ3) is 6.00. The average Bonchev–Trinajstić information content (AvgIpc) is 2.59. The van der Waals surface area contributed by atoms with Crippen molar-refractivity contribution in [2.45, 2.75) is 13.5 Å². The highest BCUT2D eigenvalue weighted by molar-refractivity contribution is 6.31. The van der Waals surface area contributed by atoms with E-state index < -0.39 is 12.6 Å². The number of carboxylic acid groups (broad SMARTS) is 1. The van der Waals surface area contributed by atoms with Gasteiger partial charge in [-0.05, 0) is 42.3 Å². The van der Waals surface area contributed by atoms with Crippen LogP contribution in [-0.4, -0.2) is 30.5 Å². The van der Waals surface area contributed by atoms with Crippen molar-refractivity contribution in [1.29, 1.82) is 0 Å². The third-order valence-electron chi connectivity index (χ3n) is 3.15. The number of benzene rings is 2. The fourth-order valence-corrected chi connectivity index (χ4v) is 2.23. The summed E-state index contributed by atoms with van der Waals surface area (Å²) in [5.41, 5.74) is 4.67. The van der Waals surface area contributed by atoms with Crippen LogP contribution in [0.4, 0.5) is 0 Å². The quantitative estimate of drug-likeness (QED) is 0.528. The molecule has 132 valence electrons. The number of rotatable bonds is 9. The van der Waals surface area contributed by atoms with Crippen molar-refractivity contribution >= 4 is 23.8 Å². The van der Waals surface area contributed by atoms with Gasteiger partial charge in [-0.1, -0.05) is 29.8 Å². The van der Waals surface area contributed by atoms with Crippen molar-refractivity contribution in [1.82, 2.24) is 5.43 Å². The normalized spacial score (nSPS) is 10.6. The fraction of sp³-hybridized carbons (Fsp3) is 0.222. The van der Waals surface area contributed by atoms with Gasteiger partial charge >= 0.3 is 5.97 Å². The maximum atomic E-state index is 10.6. The Balaban J connectivity index is 2.00. The molecule has 25 heavy (non-hydrogen) atoms. The highest BCUT2D eigenvalue weighted by atomic mass is 35.5. The molecule has 0 aliphatic heterocycles. The Morgan fingerprint density at radius 2 is 2.04 bits per heavy atom. The van der Waals surface area contributed by atoms with E-state index in [0.717, 1.165) is 11.1 Å². The molecular formula is C18H19ClN2O4. The topological polar surface area (TPSA) is 80.1 Å². The second kappa shape index (κ2) is 9.54. The summed E-state index contributed by atoms with van der Waals surface area (Å²) < 4.78 is 10.7. The van der Waals surface area contributed by atoms with Gasteiger partial charge in [0.05, 0.1) is 19.4 Å². The van der Waals surface area contributed by atoms with E-state index in [0.29, 0.717) is 29.7 Å². The van der Waals surface area contributed by atoms with Gasteiger partial charge in [0, 0.05) is 5.02 Å². The van der Waals surface area contributed by atoms with Gasteiger partial charge in [0.15, 0.2) is 18.1 Å². The number of nitrogens with one attached hydrogen (secondary N) is 1. The summed E-state index contributed by atoms with van der Waals surface area (Å²) in [7, 11) is 0. The minimum Gasteiger partial charge on any atom is -0.490 e. The molecule has 0 amide bonds. The number of hydrogen-bond donors (Lipinski definition) is 2. The van der Waals surface area contributed by atoms with Gasteiger partial charge in [-0.25, -0.2) is 4.79 Å². The first kappa shape index (κ1) is 18.6. The minimum atomic E-state index is -1.04. The van der Waals surface area contributed by atoms with Gasteiger partial charge in [0.2, 0.25) is 0 Å². The predicted molar refractivity (Wildman–Crippen MR) is 96.6 cm³/mol. The number of halogens is 1. The molecule has 2 aromatic carbocycles. The number of hydrazone groups is 1. The molecule has 2 N–H and O–H groups in total. The maximum absolute atomic E-state index is 10.6. The van der Waals surface area contributed by atoms with Crippen molar-refractivity contribution in [3.63, 3.8) is 0 Å². The lowest BCUT2D eigenvalue weighted by Crippen LogP contribution is -2.10. The Labute approximate surface area is 151 Å². The van der Waals surface area contributed by atoms with Crippen LogP contribution >= 0.6 is 11.6 Å². The zero-order chi connectivity index (χ0) is 18.1. The lowest BCUT2D eigenvalue weighted by Gasteiger charge is -2.11. The molecule has 0 atom stereocenters. The fourth-order valence-electron chi connectivity index (χ4n) is 2.02. The molecule has 2 rings (SSSR count). The van der Waals surface area contributed by atoms with E-state index >= 15 is 0 Å². The molecule has 0 spiro atoms. The molecule has 0 saturated carbocycles. The smallest absolute Gasteiger partial charge is 0.341 e. The zero-order valence-electron chi connectivity index (χ0n) is 13.7. The number of ether oxygens (including phenoxy) is 2. The summed E-state index contributed by atoms with van der Waals surface area (Å²) in [6.45, 7) is 2.36. The summed E-state index contributed by atoms with van der Waals surface area (Å²) in [5, 5.41) is 13.5. The van der Waals surface area contributed by atoms with E-state index in [-0.39, 0.29) is 0 Å². The van der Waals surface area contributed by atoms with Crippen molar-refractivity contribution in [2.24, 2.45) is 5.10 Å². The van der Waals surface area contributed by atoms with Crippen LogP contribution < -0.4 is 14.9 Å². The number of carboxylic acids is 1. The highest BCUT2D eigenvalue weighted by Crippen LogP contribution is 2.28. The standard InChI is InChI=1S/C18H19ClN2O4/c1-2-24-17-9-13(7-8-16(17)25-12-18(22)23)10-20-21-11-14-5-3-4-6-15(14)19/h3-10,21H,2,11-12H2,1H3,(H,22,23)/b20-10-. The summed E-state index contributed by atoms with van der Waals surface area (Å²) in [4.78, 5) is 10.6. The molecular weight excluding hydrogens is 344 g/mol. The Morgan fingerprint density at radius 1 is 1.24 bits per heavy atom. The molecule has 0 bridgehead atoms. The molecule has 0 fully saturated rings. The van der Waals surface area contributed by atoms with Crippen molar-refractivity contribution in [3.8, 4) is 11.5 Å². The Bertz CT molecular complexity index is 750. The van der Waals surface area contributed by atoms with Crippen molar-refractivity contribution in [2.75, 3.05) is 13.2 Å². The number of aliphatic carboxylic acids is 1. The van der Waals surface area contributed by atoms with Gasteiger partial charge in [-0.15, -0.1) is 0 Å². The van der Waals surface area contributed by atoms with Gasteiger partial charge in [0.1, 0.15) is 0 Å². The van der Waals surface area contributed by atoms with Crippen LogP contribution in [0.15, 0.2) is 47.6 Å². The number of carbonyl (C=O) groups is 1. The Hall–Kier alpha value is -2.73. The van der Waals surface area contributed by atoms with Gasteiger partial charge < -0.3 is 20.0 Å². The first-order valence-corrected chi connectivity index (χ1v) is 8.08. The van der Waals surface area contributed by atoms with Crippen LogP contribution in [0.2, 0.25) is 5.02 Å². The van der Waals surface area contributed by atoms with E-state index in [1.54, 1.807) is 24.4 Å². The van der Waals surface area contributed by atoms with Gasteiger partial charge in [-0.2, -0.15) is 5.10 Å². The van der Waals surface area contributed by atoms with Crippen molar-refractivity contribution < 1.29 is 19.4 Å². The van der Waals surface area contributed by atoms with Gasteiger partial charge in [-0.3, -0.25) is 0 Å². The lowest BCUT2D eigenvalue weighted by atomic mass is 10.2. The highest BCUT2D eigenvalue weighted by Gasteiger charge is 2.08. The molecule has 0 aliphatic rings. The van der Waals surface area contributed by atoms with E-state index in [1.165, 1.54) is 0 Å². The maximum Gasteiger partial charge on any atom is 0.341 e. The first-order valence-electron chi connectivity index (χ1n) is 7.71. The Kier molecular flexibility index (Phi) is 7.10. The monoisotopic (exact) mass is 362 g/mol. The SMILES string of the molecule is CCOc1cc(/C=N\NCc2ccccc2Cl)ccc1OCC(=O)O. The summed E-state index contributed by atoms with van der Waals surface area (Å²) >= 11 is 6.08. The summed E-state index contributed by atoms with van der Waals surface area (Å²) in [5.74, 6) is -0.193. The third-order valence-corrected chi connectivity index (χ3v) is 3.52. The average molecular weight is 363 g/mol. The molecule has 7 heteroatoms. The zero-order valence-corrected chi connectivity index (χ0v) is 14.5. The number of hydrogen-bond acceptors (Lipinski definition) is 5. The van der Waals surface area contributed by atoms with Crippen LogP contribution in [0, 0.1) is 0 Å². The molecule has 2 aromatic rings. The molecule has 6 nitrogen and oxygen atoms in total. The first-order chi connectivity index (χ1) is 12.1. The van der Waals surface area contributed by atoms with E-state index in [9.17, 15) is 4.79 Å². The summed E-state index contributed by atoms with van der Waals surface area (Å²) in [6, 6.07) is 12.7. The van der Waals surface area contributed by atoms with Crippen LogP contribution in [-0.2, 0) is 11.3 Å². The molecule has 0 heterocycles. The molecule has 0 saturated heterocycles. The lowest BCUT2D eigenvalue weighted by molar-refractivity contribution is -0.139. The van der Waals surface area contributed by atoms with Crippen molar-refractivity contribution in [3.05, 3.63) is 58.6 Å². The van der Waals surface area contributed by atoms with E-state index in [4.69, 9.17) is 26.2 Å². The predicted octanol–water partition coefficient (Wildman–Crippen LogP) is 3.33. The molecule has 0 unspecified atom stereocenters. The summed E-state index contributed by atoms with van der Waals surface area (Å²) in [6.07, 6.45) is 1.64. The van der Waals surface area contributed by atoms with E-state index in [1.807, 2.05) is 31.2 Å². The molecule has 0 radical (unpaired) electrons. The molecule has 0 aliphatic carbocycles. The largest absolute Gasteiger partial charge is 0.490 e. The van der Waals surface area contributed by atoms with Crippen LogP contribution in [0.25, 0.3) is 0 Å². The van der Waals surface area contributed by atoms with Crippen LogP contribution in [0.1, 0.15) is 18.1 Å². The van der Waals surface area contributed by atoms with Crippen LogP contribution in [0.3, 0.4) is 0 Å². The molecule has 0 aromatic heterocycles. The second-order valence-electron chi connectivity index (χ2n) is 5.01. The minimum absolute atomic E-state index is 0.380.